The fourth-order valence-electron chi connectivity index (χ4n) is 2.40. The maximum Gasteiger partial charge on any atom is 0.358 e. The van der Waals surface area contributed by atoms with E-state index in [1.807, 2.05) is 24.3 Å². The minimum atomic E-state index is -1.02. The van der Waals surface area contributed by atoms with Crippen molar-refractivity contribution in [2.24, 2.45) is 0 Å². The largest absolute Gasteiger partial charge is 0.497 e. The third-order valence-corrected chi connectivity index (χ3v) is 3.72. The second kappa shape index (κ2) is 4.96. The summed E-state index contributed by atoms with van der Waals surface area (Å²) in [6, 6.07) is 7.34. The number of carboxylic acids is 1. The molecule has 1 N–H and O–H groups in total. The van der Waals surface area contributed by atoms with Crippen LogP contribution in [0, 0.1) is 0 Å². The highest BCUT2D eigenvalue weighted by atomic mass is 16.5. The van der Waals surface area contributed by atoms with E-state index in [-0.39, 0.29) is 11.6 Å². The van der Waals surface area contributed by atoms with Crippen LogP contribution in [0.1, 0.15) is 41.4 Å². The standard InChI is InChI=1S/C14H15N3O3/c1-20-11-7-5-10(6-8-11)17-13(9-3-2-4-9)12(14(18)19)15-16-17/h5-9H,2-4H2,1H3,(H,18,19). The van der Waals surface area contributed by atoms with Gasteiger partial charge in [0.25, 0.3) is 0 Å². The first-order valence-corrected chi connectivity index (χ1v) is 6.54. The van der Waals surface area contributed by atoms with Gasteiger partial charge in [-0.3, -0.25) is 0 Å². The summed E-state index contributed by atoms with van der Waals surface area (Å²) in [5, 5.41) is 17.1. The van der Waals surface area contributed by atoms with Crippen molar-refractivity contribution in [3.05, 3.63) is 35.7 Å². The molecular weight excluding hydrogens is 258 g/mol. The predicted molar refractivity (Wildman–Crippen MR) is 71.5 cm³/mol. The molecule has 0 spiro atoms. The third kappa shape index (κ3) is 2.03. The monoisotopic (exact) mass is 273 g/mol. The fraction of sp³-hybridized carbons (Fsp3) is 0.357. The molecule has 0 aliphatic heterocycles. The van der Waals surface area contributed by atoms with E-state index >= 15 is 0 Å². The van der Waals surface area contributed by atoms with Crippen LogP contribution in [0.2, 0.25) is 0 Å². The Balaban J connectivity index is 2.05. The van der Waals surface area contributed by atoms with Gasteiger partial charge in [0.15, 0.2) is 5.69 Å². The molecule has 0 amide bonds. The molecule has 0 bridgehead atoms. The van der Waals surface area contributed by atoms with Crippen LogP contribution in [-0.4, -0.2) is 33.2 Å². The number of aromatic carboxylic acids is 1. The highest BCUT2D eigenvalue weighted by Crippen LogP contribution is 2.38. The van der Waals surface area contributed by atoms with Gasteiger partial charge >= 0.3 is 5.97 Å². The number of benzene rings is 1. The summed E-state index contributed by atoms with van der Waals surface area (Å²) in [7, 11) is 1.60. The minimum absolute atomic E-state index is 0.0607. The predicted octanol–water partition coefficient (Wildman–Crippen LogP) is 2.24. The van der Waals surface area contributed by atoms with Crippen molar-refractivity contribution in [3.63, 3.8) is 0 Å². The van der Waals surface area contributed by atoms with Gasteiger partial charge in [0.2, 0.25) is 0 Å². The van der Waals surface area contributed by atoms with Crippen molar-refractivity contribution in [1.82, 2.24) is 15.0 Å². The number of hydrogen-bond acceptors (Lipinski definition) is 4. The number of ether oxygens (including phenoxy) is 1. The molecule has 1 saturated carbocycles. The second-order valence-corrected chi connectivity index (χ2v) is 4.87. The fourth-order valence-corrected chi connectivity index (χ4v) is 2.40. The highest BCUT2D eigenvalue weighted by Gasteiger charge is 2.30. The minimum Gasteiger partial charge on any atom is -0.497 e. The number of nitrogens with zero attached hydrogens (tertiary/aromatic N) is 3. The summed E-state index contributed by atoms with van der Waals surface area (Å²) in [5.41, 5.74) is 1.56. The second-order valence-electron chi connectivity index (χ2n) is 4.87. The molecule has 1 aromatic carbocycles. The molecule has 0 unspecified atom stereocenters. The van der Waals surface area contributed by atoms with Crippen LogP contribution in [-0.2, 0) is 0 Å². The zero-order valence-electron chi connectivity index (χ0n) is 11.1. The quantitative estimate of drug-likeness (QED) is 0.924. The summed E-state index contributed by atoms with van der Waals surface area (Å²) in [5.74, 6) is -0.0395. The van der Waals surface area contributed by atoms with E-state index in [2.05, 4.69) is 10.3 Å². The number of hydrogen-bond donors (Lipinski definition) is 1. The molecule has 104 valence electrons. The molecule has 6 heteroatoms. The number of methoxy groups -OCH3 is 1. The van der Waals surface area contributed by atoms with Gasteiger partial charge in [-0.05, 0) is 37.1 Å². The molecule has 1 aliphatic rings. The maximum atomic E-state index is 11.3. The van der Waals surface area contributed by atoms with E-state index < -0.39 is 5.97 Å². The zero-order chi connectivity index (χ0) is 14.1. The van der Waals surface area contributed by atoms with Crippen LogP contribution in [0.15, 0.2) is 24.3 Å². The van der Waals surface area contributed by atoms with Gasteiger partial charge in [-0.1, -0.05) is 11.6 Å². The molecule has 6 nitrogen and oxygen atoms in total. The van der Waals surface area contributed by atoms with Crippen LogP contribution < -0.4 is 4.74 Å². The molecule has 1 aliphatic carbocycles. The zero-order valence-corrected chi connectivity index (χ0v) is 11.1. The first-order chi connectivity index (χ1) is 9.70. The van der Waals surface area contributed by atoms with Crippen LogP contribution in [0.4, 0.5) is 0 Å². The normalized spacial score (nSPS) is 14.8. The van der Waals surface area contributed by atoms with Crippen molar-refractivity contribution in [3.8, 4) is 11.4 Å². The summed E-state index contributed by atoms with van der Waals surface area (Å²) in [6.07, 6.45) is 3.10. The van der Waals surface area contributed by atoms with E-state index in [0.717, 1.165) is 30.7 Å². The SMILES string of the molecule is COc1ccc(-n2nnc(C(=O)O)c2C2CCC2)cc1. The Kier molecular flexibility index (Phi) is 3.14. The topological polar surface area (TPSA) is 77.2 Å². The summed E-state index contributed by atoms with van der Waals surface area (Å²) in [6.45, 7) is 0. The molecule has 1 fully saturated rings. The van der Waals surface area contributed by atoms with Crippen LogP contribution in [0.25, 0.3) is 5.69 Å². The first kappa shape index (κ1) is 12.7. The molecule has 20 heavy (non-hydrogen) atoms. The molecule has 1 aromatic heterocycles. The Bertz CT molecular complexity index is 630. The third-order valence-electron chi connectivity index (χ3n) is 3.72. The Morgan fingerprint density at radius 1 is 1.35 bits per heavy atom. The van der Waals surface area contributed by atoms with Crippen LogP contribution in [0.3, 0.4) is 0 Å². The smallest absolute Gasteiger partial charge is 0.358 e. The number of carboxylic acid groups (broad SMARTS) is 1. The molecule has 0 saturated heterocycles. The number of aromatic nitrogens is 3. The lowest BCUT2D eigenvalue weighted by Crippen LogP contribution is -2.17. The van der Waals surface area contributed by atoms with E-state index in [0.29, 0.717) is 5.69 Å². The lowest BCUT2D eigenvalue weighted by Gasteiger charge is -2.26. The van der Waals surface area contributed by atoms with E-state index in [9.17, 15) is 9.90 Å². The lowest BCUT2D eigenvalue weighted by molar-refractivity contribution is 0.0687. The Morgan fingerprint density at radius 2 is 2.05 bits per heavy atom. The van der Waals surface area contributed by atoms with E-state index in [1.165, 1.54) is 0 Å². The van der Waals surface area contributed by atoms with Crippen molar-refractivity contribution in [2.75, 3.05) is 7.11 Å². The van der Waals surface area contributed by atoms with Crippen molar-refractivity contribution < 1.29 is 14.6 Å². The van der Waals surface area contributed by atoms with E-state index in [4.69, 9.17) is 4.74 Å². The molecule has 2 aromatic rings. The van der Waals surface area contributed by atoms with Crippen molar-refractivity contribution in [1.29, 1.82) is 0 Å². The Hall–Kier alpha value is -2.37. The van der Waals surface area contributed by atoms with Gasteiger partial charge in [0.05, 0.1) is 18.5 Å². The molecule has 3 rings (SSSR count). The summed E-state index contributed by atoms with van der Waals surface area (Å²) < 4.78 is 6.75. The van der Waals surface area contributed by atoms with Gasteiger partial charge < -0.3 is 9.84 Å². The van der Waals surface area contributed by atoms with Crippen LogP contribution in [0.5, 0.6) is 5.75 Å². The van der Waals surface area contributed by atoms with Gasteiger partial charge in [-0.2, -0.15) is 0 Å². The average Bonchev–Trinajstić information content (AvgIpc) is 2.81. The lowest BCUT2D eigenvalue weighted by atomic mass is 9.82. The summed E-state index contributed by atoms with van der Waals surface area (Å²) in [4.78, 5) is 11.3. The highest BCUT2D eigenvalue weighted by molar-refractivity contribution is 5.86. The van der Waals surface area contributed by atoms with Gasteiger partial charge in [0, 0.05) is 5.92 Å². The maximum absolute atomic E-state index is 11.3. The number of rotatable bonds is 4. The van der Waals surface area contributed by atoms with Gasteiger partial charge in [0.1, 0.15) is 5.75 Å². The summed E-state index contributed by atoms with van der Waals surface area (Å²) >= 11 is 0. The van der Waals surface area contributed by atoms with Gasteiger partial charge in [-0.25, -0.2) is 9.48 Å². The van der Waals surface area contributed by atoms with Crippen LogP contribution >= 0.6 is 0 Å². The molecular formula is C14H15N3O3. The molecule has 1 heterocycles. The molecule has 0 atom stereocenters. The first-order valence-electron chi connectivity index (χ1n) is 6.54. The Morgan fingerprint density at radius 3 is 2.55 bits per heavy atom. The van der Waals surface area contributed by atoms with Crippen molar-refractivity contribution >= 4 is 5.97 Å². The molecule has 0 radical (unpaired) electrons. The average molecular weight is 273 g/mol. The van der Waals surface area contributed by atoms with E-state index in [1.54, 1.807) is 11.8 Å². The van der Waals surface area contributed by atoms with Crippen molar-refractivity contribution in [2.45, 2.75) is 25.2 Å². The van der Waals surface area contributed by atoms with Gasteiger partial charge in [-0.15, -0.1) is 5.10 Å². The Labute approximate surface area is 116 Å². The number of carbonyl (C=O) groups is 1.